The fraction of sp³-hybridized carbons (Fsp3) is 0.692. The Labute approximate surface area is 117 Å². The Morgan fingerprint density at radius 1 is 1.35 bits per heavy atom. The number of carboxylic acid groups (broad SMARTS) is 1. The SMILES string of the molecule is CCCc1noc(CCC(=O)NCC(CC)C(=O)O)n1. The van der Waals surface area contributed by atoms with Crippen molar-refractivity contribution in [2.24, 2.45) is 5.92 Å². The molecule has 0 saturated heterocycles. The predicted molar refractivity (Wildman–Crippen MR) is 71.0 cm³/mol. The molecule has 112 valence electrons. The first-order valence-electron chi connectivity index (χ1n) is 6.87. The van der Waals surface area contributed by atoms with Crippen molar-refractivity contribution in [3.63, 3.8) is 0 Å². The minimum Gasteiger partial charge on any atom is -0.481 e. The highest BCUT2D eigenvalue weighted by Gasteiger charge is 2.16. The van der Waals surface area contributed by atoms with Crippen LogP contribution in [0, 0.1) is 5.92 Å². The molecule has 1 unspecified atom stereocenters. The average molecular weight is 283 g/mol. The van der Waals surface area contributed by atoms with Gasteiger partial charge < -0.3 is 14.9 Å². The number of carboxylic acids is 1. The molecule has 0 aliphatic heterocycles. The lowest BCUT2D eigenvalue weighted by molar-refractivity contribution is -0.141. The molecular weight excluding hydrogens is 262 g/mol. The topological polar surface area (TPSA) is 105 Å². The maximum absolute atomic E-state index is 11.6. The molecule has 1 amide bonds. The molecule has 2 N–H and O–H groups in total. The number of aromatic nitrogens is 2. The average Bonchev–Trinajstić information content (AvgIpc) is 2.85. The van der Waals surface area contributed by atoms with Crippen molar-refractivity contribution in [3.05, 3.63) is 11.7 Å². The van der Waals surface area contributed by atoms with Crippen LogP contribution in [0.1, 0.15) is 44.8 Å². The lowest BCUT2D eigenvalue weighted by Crippen LogP contribution is -2.32. The highest BCUT2D eigenvalue weighted by molar-refractivity contribution is 5.77. The number of carbonyl (C=O) groups excluding carboxylic acids is 1. The van der Waals surface area contributed by atoms with E-state index in [4.69, 9.17) is 9.63 Å². The Bertz CT molecular complexity index is 445. The predicted octanol–water partition coefficient (Wildman–Crippen LogP) is 1.18. The van der Waals surface area contributed by atoms with Crippen molar-refractivity contribution < 1.29 is 19.2 Å². The Kier molecular flexibility index (Phi) is 6.69. The molecule has 20 heavy (non-hydrogen) atoms. The van der Waals surface area contributed by atoms with Gasteiger partial charge in [-0.05, 0) is 12.8 Å². The van der Waals surface area contributed by atoms with Crippen molar-refractivity contribution in [1.82, 2.24) is 15.5 Å². The molecule has 1 heterocycles. The van der Waals surface area contributed by atoms with Gasteiger partial charge in [0.2, 0.25) is 11.8 Å². The number of hydrogen-bond donors (Lipinski definition) is 2. The van der Waals surface area contributed by atoms with Crippen LogP contribution in [0.3, 0.4) is 0 Å². The van der Waals surface area contributed by atoms with Crippen LogP contribution in [0.4, 0.5) is 0 Å². The summed E-state index contributed by atoms with van der Waals surface area (Å²) < 4.78 is 5.02. The summed E-state index contributed by atoms with van der Waals surface area (Å²) in [6.45, 7) is 3.95. The van der Waals surface area contributed by atoms with Crippen molar-refractivity contribution in [2.75, 3.05) is 6.54 Å². The number of carbonyl (C=O) groups is 2. The number of nitrogens with zero attached hydrogens (tertiary/aromatic N) is 2. The highest BCUT2D eigenvalue weighted by atomic mass is 16.5. The van der Waals surface area contributed by atoms with E-state index in [0.717, 1.165) is 12.8 Å². The summed E-state index contributed by atoms with van der Waals surface area (Å²) in [6, 6.07) is 0. The van der Waals surface area contributed by atoms with Crippen molar-refractivity contribution >= 4 is 11.9 Å². The van der Waals surface area contributed by atoms with E-state index in [0.29, 0.717) is 24.6 Å². The minimum absolute atomic E-state index is 0.148. The highest BCUT2D eigenvalue weighted by Crippen LogP contribution is 2.04. The van der Waals surface area contributed by atoms with Gasteiger partial charge in [-0.2, -0.15) is 4.98 Å². The smallest absolute Gasteiger partial charge is 0.308 e. The summed E-state index contributed by atoms with van der Waals surface area (Å²) in [5, 5.41) is 15.3. The molecule has 0 saturated carbocycles. The fourth-order valence-electron chi connectivity index (χ4n) is 1.67. The molecule has 1 rings (SSSR count). The maximum Gasteiger partial charge on any atom is 0.308 e. The Morgan fingerprint density at radius 3 is 2.70 bits per heavy atom. The zero-order valence-electron chi connectivity index (χ0n) is 11.9. The Hall–Kier alpha value is -1.92. The Morgan fingerprint density at radius 2 is 2.10 bits per heavy atom. The second-order valence-corrected chi connectivity index (χ2v) is 4.60. The van der Waals surface area contributed by atoms with Gasteiger partial charge >= 0.3 is 5.97 Å². The normalized spacial score (nSPS) is 12.1. The lowest BCUT2D eigenvalue weighted by Gasteiger charge is -2.10. The van der Waals surface area contributed by atoms with E-state index in [1.54, 1.807) is 6.92 Å². The van der Waals surface area contributed by atoms with E-state index in [-0.39, 0.29) is 18.9 Å². The van der Waals surface area contributed by atoms with Gasteiger partial charge in [0.15, 0.2) is 5.82 Å². The van der Waals surface area contributed by atoms with E-state index in [9.17, 15) is 9.59 Å². The molecule has 1 aromatic rings. The first-order valence-corrected chi connectivity index (χ1v) is 6.87. The van der Waals surface area contributed by atoms with E-state index < -0.39 is 11.9 Å². The van der Waals surface area contributed by atoms with E-state index in [1.807, 2.05) is 6.92 Å². The zero-order chi connectivity index (χ0) is 15.0. The molecule has 0 bridgehead atoms. The third kappa shape index (κ3) is 5.38. The van der Waals surface area contributed by atoms with E-state index >= 15 is 0 Å². The molecule has 1 atom stereocenters. The van der Waals surface area contributed by atoms with Gasteiger partial charge in [-0.1, -0.05) is 19.0 Å². The molecule has 1 aromatic heterocycles. The molecule has 0 aliphatic carbocycles. The van der Waals surface area contributed by atoms with E-state index in [2.05, 4.69) is 15.5 Å². The monoisotopic (exact) mass is 283 g/mol. The van der Waals surface area contributed by atoms with Crippen LogP contribution in [0.25, 0.3) is 0 Å². The largest absolute Gasteiger partial charge is 0.481 e. The minimum atomic E-state index is -0.895. The van der Waals surface area contributed by atoms with Gasteiger partial charge in [0, 0.05) is 25.8 Å². The first-order chi connectivity index (χ1) is 9.56. The summed E-state index contributed by atoms with van der Waals surface area (Å²) in [4.78, 5) is 26.6. The third-order valence-electron chi connectivity index (χ3n) is 2.94. The van der Waals surface area contributed by atoms with Gasteiger partial charge in [-0.15, -0.1) is 0 Å². The molecule has 0 radical (unpaired) electrons. The van der Waals surface area contributed by atoms with Crippen molar-refractivity contribution in [3.8, 4) is 0 Å². The van der Waals surface area contributed by atoms with Gasteiger partial charge in [-0.25, -0.2) is 0 Å². The lowest BCUT2D eigenvalue weighted by atomic mass is 10.1. The number of rotatable bonds is 9. The van der Waals surface area contributed by atoms with Crippen molar-refractivity contribution in [1.29, 1.82) is 0 Å². The maximum atomic E-state index is 11.6. The molecule has 0 aromatic carbocycles. The summed E-state index contributed by atoms with van der Waals surface area (Å²) in [5.74, 6) is -0.555. The number of aliphatic carboxylic acids is 1. The molecule has 0 spiro atoms. The van der Waals surface area contributed by atoms with Gasteiger partial charge in [0.1, 0.15) is 0 Å². The van der Waals surface area contributed by atoms with Gasteiger partial charge in [0.25, 0.3) is 0 Å². The molecule has 0 fully saturated rings. The van der Waals surface area contributed by atoms with Gasteiger partial charge in [-0.3, -0.25) is 9.59 Å². The van der Waals surface area contributed by atoms with E-state index in [1.165, 1.54) is 0 Å². The van der Waals surface area contributed by atoms with Crippen LogP contribution in [0.5, 0.6) is 0 Å². The van der Waals surface area contributed by atoms with Crippen LogP contribution >= 0.6 is 0 Å². The number of hydrogen-bond acceptors (Lipinski definition) is 5. The summed E-state index contributed by atoms with van der Waals surface area (Å²) in [5.41, 5.74) is 0. The molecular formula is C13H21N3O4. The molecule has 0 aliphatic rings. The molecule has 7 heteroatoms. The van der Waals surface area contributed by atoms with Crippen LogP contribution in [-0.4, -0.2) is 33.7 Å². The quantitative estimate of drug-likeness (QED) is 0.705. The van der Waals surface area contributed by atoms with Crippen LogP contribution in [-0.2, 0) is 22.4 Å². The second kappa shape index (κ2) is 8.29. The zero-order valence-corrected chi connectivity index (χ0v) is 11.9. The second-order valence-electron chi connectivity index (χ2n) is 4.60. The first kappa shape index (κ1) is 16.1. The third-order valence-corrected chi connectivity index (χ3v) is 2.94. The van der Waals surface area contributed by atoms with Crippen LogP contribution in [0.15, 0.2) is 4.52 Å². The van der Waals surface area contributed by atoms with Crippen LogP contribution in [0.2, 0.25) is 0 Å². The number of aryl methyl sites for hydroxylation is 2. The number of amides is 1. The summed E-state index contributed by atoms with van der Waals surface area (Å²) in [7, 11) is 0. The van der Waals surface area contributed by atoms with Crippen LogP contribution < -0.4 is 5.32 Å². The molecule has 7 nitrogen and oxygen atoms in total. The Balaban J connectivity index is 2.30. The fourth-order valence-corrected chi connectivity index (χ4v) is 1.67. The van der Waals surface area contributed by atoms with Crippen molar-refractivity contribution in [2.45, 2.75) is 46.0 Å². The standard InChI is InChI=1S/C13H21N3O4/c1-3-5-10-15-12(20-16-10)7-6-11(17)14-8-9(4-2)13(18)19/h9H,3-8H2,1-2H3,(H,14,17)(H,18,19). The number of nitrogens with one attached hydrogen (secondary N) is 1. The summed E-state index contributed by atoms with van der Waals surface area (Å²) in [6.07, 6.45) is 2.76. The summed E-state index contributed by atoms with van der Waals surface area (Å²) >= 11 is 0. The van der Waals surface area contributed by atoms with Gasteiger partial charge in [0.05, 0.1) is 5.92 Å².